The van der Waals surface area contributed by atoms with Crippen molar-refractivity contribution in [1.82, 2.24) is 5.43 Å². The first kappa shape index (κ1) is 17.1. The van der Waals surface area contributed by atoms with Crippen molar-refractivity contribution >= 4 is 50.9 Å². The molecule has 2 nitrogen and oxygen atoms in total. The molecule has 0 radical (unpaired) electrons. The summed E-state index contributed by atoms with van der Waals surface area (Å²) in [5.74, 6) is 6.52. The van der Waals surface area contributed by atoms with Gasteiger partial charge in [0.15, 0.2) is 0 Å². The standard InChI is InChI=1S/C15H15BrCl2N2S/c16-11-2-4-13(5-3-11)21-9-12(20-19)7-10-1-6-14(17)15(18)8-10/h1-6,8,12,20H,7,9,19H2. The average Bonchev–Trinajstić information content (AvgIpc) is 2.49. The zero-order valence-electron chi connectivity index (χ0n) is 11.2. The van der Waals surface area contributed by atoms with Crippen molar-refractivity contribution in [1.29, 1.82) is 0 Å². The van der Waals surface area contributed by atoms with Gasteiger partial charge in [-0.05, 0) is 48.4 Å². The summed E-state index contributed by atoms with van der Waals surface area (Å²) in [5.41, 5.74) is 3.97. The third kappa shape index (κ3) is 5.47. The Morgan fingerprint density at radius 3 is 2.43 bits per heavy atom. The van der Waals surface area contributed by atoms with Gasteiger partial charge in [0.1, 0.15) is 0 Å². The molecule has 1 atom stereocenters. The molecular formula is C15H15BrCl2N2S. The van der Waals surface area contributed by atoms with E-state index in [9.17, 15) is 0 Å². The predicted octanol–water partition coefficient (Wildman–Crippen LogP) is 4.92. The van der Waals surface area contributed by atoms with Crippen LogP contribution in [0.25, 0.3) is 0 Å². The maximum atomic E-state index is 6.03. The molecule has 3 N–H and O–H groups in total. The van der Waals surface area contributed by atoms with E-state index in [0.717, 1.165) is 22.2 Å². The summed E-state index contributed by atoms with van der Waals surface area (Å²) < 4.78 is 1.08. The Bertz CT molecular complexity index is 593. The first-order valence-corrected chi connectivity index (χ1v) is 8.90. The molecule has 6 heteroatoms. The molecule has 0 saturated heterocycles. The lowest BCUT2D eigenvalue weighted by Gasteiger charge is -2.16. The highest BCUT2D eigenvalue weighted by Gasteiger charge is 2.10. The minimum absolute atomic E-state index is 0.163. The Balaban J connectivity index is 1.93. The molecule has 0 aromatic heterocycles. The van der Waals surface area contributed by atoms with Crippen LogP contribution in [0.4, 0.5) is 0 Å². The van der Waals surface area contributed by atoms with Gasteiger partial charge in [-0.1, -0.05) is 45.2 Å². The fraction of sp³-hybridized carbons (Fsp3) is 0.200. The monoisotopic (exact) mass is 404 g/mol. The van der Waals surface area contributed by atoms with Crippen molar-refractivity contribution < 1.29 is 0 Å². The predicted molar refractivity (Wildman–Crippen MR) is 96.1 cm³/mol. The average molecular weight is 406 g/mol. The van der Waals surface area contributed by atoms with Crippen LogP contribution in [0.15, 0.2) is 51.8 Å². The highest BCUT2D eigenvalue weighted by molar-refractivity contribution is 9.10. The third-order valence-electron chi connectivity index (χ3n) is 2.97. The molecule has 0 heterocycles. The molecule has 1 unspecified atom stereocenters. The molecule has 0 spiro atoms. The van der Waals surface area contributed by atoms with Crippen molar-refractivity contribution in [2.45, 2.75) is 17.4 Å². The van der Waals surface area contributed by atoms with E-state index in [1.165, 1.54) is 4.90 Å². The Morgan fingerprint density at radius 1 is 1.10 bits per heavy atom. The van der Waals surface area contributed by atoms with Crippen molar-refractivity contribution in [3.05, 3.63) is 62.5 Å². The Labute approximate surface area is 147 Å². The smallest absolute Gasteiger partial charge is 0.0595 e. The van der Waals surface area contributed by atoms with Gasteiger partial charge < -0.3 is 0 Å². The second-order valence-electron chi connectivity index (χ2n) is 4.58. The van der Waals surface area contributed by atoms with Crippen LogP contribution in [0.1, 0.15) is 5.56 Å². The van der Waals surface area contributed by atoms with Gasteiger partial charge in [-0.15, -0.1) is 11.8 Å². The van der Waals surface area contributed by atoms with Gasteiger partial charge in [-0.2, -0.15) is 0 Å². The largest absolute Gasteiger partial charge is 0.271 e. The number of hydrazine groups is 1. The molecule has 0 fully saturated rings. The molecular weight excluding hydrogens is 391 g/mol. The van der Waals surface area contributed by atoms with E-state index < -0.39 is 0 Å². The van der Waals surface area contributed by atoms with E-state index in [1.54, 1.807) is 11.8 Å². The summed E-state index contributed by atoms with van der Waals surface area (Å²) in [6, 6.07) is 14.1. The van der Waals surface area contributed by atoms with E-state index in [0.29, 0.717) is 10.0 Å². The lowest BCUT2D eigenvalue weighted by molar-refractivity contribution is 0.575. The molecule has 2 rings (SSSR count). The number of hydrogen-bond donors (Lipinski definition) is 2. The second kappa shape index (κ2) is 8.42. The van der Waals surface area contributed by atoms with E-state index in [1.807, 2.05) is 30.3 Å². The van der Waals surface area contributed by atoms with Crippen LogP contribution in [0, 0.1) is 0 Å². The van der Waals surface area contributed by atoms with E-state index in [2.05, 4.69) is 33.5 Å². The first-order chi connectivity index (χ1) is 10.1. The summed E-state index contributed by atoms with van der Waals surface area (Å²) in [4.78, 5) is 1.22. The molecule has 112 valence electrons. The van der Waals surface area contributed by atoms with E-state index in [4.69, 9.17) is 29.0 Å². The zero-order valence-corrected chi connectivity index (χ0v) is 15.1. The summed E-state index contributed by atoms with van der Waals surface area (Å²) in [7, 11) is 0. The van der Waals surface area contributed by atoms with E-state index >= 15 is 0 Å². The van der Waals surface area contributed by atoms with Crippen molar-refractivity contribution in [2.24, 2.45) is 5.84 Å². The SMILES string of the molecule is NNC(CSc1ccc(Br)cc1)Cc1ccc(Cl)c(Cl)c1. The minimum Gasteiger partial charge on any atom is -0.271 e. The normalized spacial score (nSPS) is 12.4. The van der Waals surface area contributed by atoms with Crippen molar-refractivity contribution in [2.75, 3.05) is 5.75 Å². The maximum absolute atomic E-state index is 6.03. The number of nitrogens with two attached hydrogens (primary N) is 1. The maximum Gasteiger partial charge on any atom is 0.0595 e. The van der Waals surface area contributed by atoms with E-state index in [-0.39, 0.29) is 6.04 Å². The van der Waals surface area contributed by atoms with Gasteiger partial charge in [0.2, 0.25) is 0 Å². The Kier molecular flexibility index (Phi) is 6.86. The Morgan fingerprint density at radius 2 is 1.81 bits per heavy atom. The Hall–Kier alpha value is -0.230. The van der Waals surface area contributed by atoms with Crippen LogP contribution < -0.4 is 11.3 Å². The first-order valence-electron chi connectivity index (χ1n) is 6.37. The zero-order chi connectivity index (χ0) is 15.2. The molecule has 0 aliphatic rings. The van der Waals surface area contributed by atoms with Gasteiger partial charge in [0.25, 0.3) is 0 Å². The minimum atomic E-state index is 0.163. The van der Waals surface area contributed by atoms with Crippen molar-refractivity contribution in [3.8, 4) is 0 Å². The summed E-state index contributed by atoms with van der Waals surface area (Å²) >= 11 is 17.2. The third-order valence-corrected chi connectivity index (χ3v) is 5.41. The molecule has 0 amide bonds. The number of thioether (sulfide) groups is 1. The molecule has 2 aromatic carbocycles. The van der Waals surface area contributed by atoms with Crippen LogP contribution in [0.3, 0.4) is 0 Å². The number of nitrogens with one attached hydrogen (secondary N) is 1. The molecule has 2 aromatic rings. The topological polar surface area (TPSA) is 38.0 Å². The van der Waals surface area contributed by atoms with Crippen LogP contribution in [0.5, 0.6) is 0 Å². The van der Waals surface area contributed by atoms with Gasteiger partial charge in [0, 0.05) is 21.2 Å². The van der Waals surface area contributed by atoms with Crippen LogP contribution in [0.2, 0.25) is 10.0 Å². The van der Waals surface area contributed by atoms with Crippen molar-refractivity contribution in [3.63, 3.8) is 0 Å². The van der Waals surface area contributed by atoms with Gasteiger partial charge in [-0.3, -0.25) is 11.3 Å². The number of rotatable bonds is 6. The summed E-state index contributed by atoms with van der Waals surface area (Å²) in [6.45, 7) is 0. The molecule has 21 heavy (non-hydrogen) atoms. The molecule has 0 aliphatic carbocycles. The van der Waals surface area contributed by atoms with Gasteiger partial charge >= 0.3 is 0 Å². The van der Waals surface area contributed by atoms with Crippen LogP contribution in [-0.2, 0) is 6.42 Å². The van der Waals surface area contributed by atoms with Crippen LogP contribution >= 0.6 is 50.9 Å². The summed E-state index contributed by atoms with van der Waals surface area (Å²) in [6.07, 6.45) is 0.802. The number of benzene rings is 2. The summed E-state index contributed by atoms with van der Waals surface area (Å²) in [5, 5.41) is 1.15. The fourth-order valence-electron chi connectivity index (χ4n) is 1.84. The highest BCUT2D eigenvalue weighted by atomic mass is 79.9. The second-order valence-corrected chi connectivity index (χ2v) is 7.40. The fourth-order valence-corrected chi connectivity index (χ4v) is 3.37. The molecule has 0 saturated carbocycles. The van der Waals surface area contributed by atoms with Gasteiger partial charge in [-0.25, -0.2) is 0 Å². The lowest BCUT2D eigenvalue weighted by Crippen LogP contribution is -2.38. The number of hydrogen-bond acceptors (Lipinski definition) is 3. The highest BCUT2D eigenvalue weighted by Crippen LogP contribution is 2.25. The molecule has 0 aliphatic heterocycles. The number of halogens is 3. The molecule has 0 bridgehead atoms. The quantitative estimate of drug-likeness (QED) is 0.406. The van der Waals surface area contributed by atoms with Gasteiger partial charge in [0.05, 0.1) is 10.0 Å². The lowest BCUT2D eigenvalue weighted by atomic mass is 10.1. The van der Waals surface area contributed by atoms with Crippen LogP contribution in [-0.4, -0.2) is 11.8 Å².